The highest BCUT2D eigenvalue weighted by Crippen LogP contribution is 2.24. The predicted octanol–water partition coefficient (Wildman–Crippen LogP) is 1.90. The second-order valence-corrected chi connectivity index (χ2v) is 8.23. The maximum atomic E-state index is 13.1. The van der Waals surface area contributed by atoms with Gasteiger partial charge in [-0.25, -0.2) is 22.8 Å². The van der Waals surface area contributed by atoms with Crippen molar-refractivity contribution < 1.29 is 12.8 Å². The molecule has 134 valence electrons. The zero-order valence-corrected chi connectivity index (χ0v) is 14.4. The first kappa shape index (κ1) is 16.6. The van der Waals surface area contributed by atoms with Crippen LogP contribution in [-0.2, 0) is 9.84 Å². The largest absolute Gasteiger partial charge is 0.350 e. The lowest BCUT2D eigenvalue weighted by Crippen LogP contribution is -2.22. The van der Waals surface area contributed by atoms with Gasteiger partial charge in [0.1, 0.15) is 5.82 Å². The van der Waals surface area contributed by atoms with Gasteiger partial charge in [0, 0.05) is 24.1 Å². The maximum Gasteiger partial charge on any atom is 0.227 e. The third-order valence-corrected chi connectivity index (χ3v) is 5.77. The Bertz CT molecular complexity index is 1060. The van der Waals surface area contributed by atoms with Gasteiger partial charge in [0.15, 0.2) is 26.8 Å². The van der Waals surface area contributed by atoms with E-state index in [0.29, 0.717) is 29.1 Å². The van der Waals surface area contributed by atoms with Gasteiger partial charge in [-0.2, -0.15) is 9.97 Å². The number of hydrogen-bond donors (Lipinski definition) is 2. The normalized spacial score (nSPS) is 18.7. The lowest BCUT2D eigenvalue weighted by atomic mass is 10.3. The van der Waals surface area contributed by atoms with Crippen molar-refractivity contribution >= 4 is 38.5 Å². The zero-order valence-electron chi connectivity index (χ0n) is 13.6. The van der Waals surface area contributed by atoms with Crippen molar-refractivity contribution in [3.8, 4) is 0 Å². The van der Waals surface area contributed by atoms with Crippen LogP contribution in [0.1, 0.15) is 6.42 Å². The van der Waals surface area contributed by atoms with Crippen LogP contribution in [0.25, 0.3) is 11.2 Å². The first-order chi connectivity index (χ1) is 12.5. The fourth-order valence-electron chi connectivity index (χ4n) is 2.78. The minimum absolute atomic E-state index is 0.0512. The summed E-state index contributed by atoms with van der Waals surface area (Å²) in [6, 6.07) is 5.58. The van der Waals surface area contributed by atoms with Crippen LogP contribution in [0.15, 0.2) is 36.7 Å². The van der Waals surface area contributed by atoms with Crippen molar-refractivity contribution in [1.82, 2.24) is 19.9 Å². The molecule has 10 heteroatoms. The van der Waals surface area contributed by atoms with Crippen molar-refractivity contribution in [2.75, 3.05) is 22.1 Å². The number of aromatic nitrogens is 4. The molecule has 0 bridgehead atoms. The van der Waals surface area contributed by atoms with Gasteiger partial charge in [0.05, 0.1) is 11.5 Å². The number of nitrogens with zero attached hydrogens (tertiary/aromatic N) is 4. The smallest absolute Gasteiger partial charge is 0.227 e. The number of fused-ring (bicyclic) bond motifs is 1. The molecule has 4 rings (SSSR count). The number of benzene rings is 1. The Morgan fingerprint density at radius 1 is 1.08 bits per heavy atom. The SMILES string of the molecule is O=S1(=O)CC[C@@H](Nc2nc(Nc3ccc(F)cc3)c3nccnc3n2)C1. The van der Waals surface area contributed by atoms with E-state index in [0.717, 1.165) is 0 Å². The summed E-state index contributed by atoms with van der Waals surface area (Å²) in [5.74, 6) is 0.532. The Morgan fingerprint density at radius 3 is 2.58 bits per heavy atom. The molecule has 1 aliphatic heterocycles. The molecule has 26 heavy (non-hydrogen) atoms. The lowest BCUT2D eigenvalue weighted by molar-refractivity contribution is 0.602. The number of nitrogens with one attached hydrogen (secondary N) is 2. The Morgan fingerprint density at radius 2 is 1.85 bits per heavy atom. The molecule has 1 saturated heterocycles. The molecular weight excluding hydrogens is 359 g/mol. The van der Waals surface area contributed by atoms with Crippen LogP contribution >= 0.6 is 0 Å². The van der Waals surface area contributed by atoms with Crippen LogP contribution in [-0.4, -0.2) is 45.9 Å². The van der Waals surface area contributed by atoms with E-state index in [1.54, 1.807) is 12.1 Å². The first-order valence-corrected chi connectivity index (χ1v) is 9.79. The van der Waals surface area contributed by atoms with E-state index in [1.165, 1.54) is 24.5 Å². The van der Waals surface area contributed by atoms with Gasteiger partial charge in [-0.3, -0.25) is 0 Å². The number of rotatable bonds is 4. The number of halogens is 1. The van der Waals surface area contributed by atoms with Gasteiger partial charge in [-0.15, -0.1) is 0 Å². The number of hydrogen-bond acceptors (Lipinski definition) is 8. The fraction of sp³-hybridized carbons (Fsp3) is 0.250. The van der Waals surface area contributed by atoms with Crippen LogP contribution in [0.5, 0.6) is 0 Å². The lowest BCUT2D eigenvalue weighted by Gasteiger charge is -2.13. The summed E-state index contributed by atoms with van der Waals surface area (Å²) in [4.78, 5) is 17.2. The van der Waals surface area contributed by atoms with E-state index in [1.807, 2.05) is 0 Å². The van der Waals surface area contributed by atoms with Gasteiger partial charge in [0.25, 0.3) is 0 Å². The van der Waals surface area contributed by atoms with Crippen molar-refractivity contribution in [3.63, 3.8) is 0 Å². The van der Waals surface area contributed by atoms with Crippen LogP contribution in [0.4, 0.5) is 21.8 Å². The minimum Gasteiger partial charge on any atom is -0.350 e. The second kappa shape index (κ2) is 6.45. The summed E-state index contributed by atoms with van der Waals surface area (Å²) in [6.45, 7) is 0. The molecule has 0 spiro atoms. The van der Waals surface area contributed by atoms with E-state index >= 15 is 0 Å². The summed E-state index contributed by atoms with van der Waals surface area (Å²) < 4.78 is 36.4. The number of sulfone groups is 1. The van der Waals surface area contributed by atoms with E-state index in [-0.39, 0.29) is 29.3 Å². The van der Waals surface area contributed by atoms with Gasteiger partial charge >= 0.3 is 0 Å². The molecule has 2 aromatic heterocycles. The zero-order chi connectivity index (χ0) is 18.1. The summed E-state index contributed by atoms with van der Waals surface area (Å²) >= 11 is 0. The molecule has 1 aromatic carbocycles. The topological polar surface area (TPSA) is 110 Å². The molecule has 0 unspecified atom stereocenters. The highest BCUT2D eigenvalue weighted by molar-refractivity contribution is 7.91. The Labute approximate surface area is 148 Å². The highest BCUT2D eigenvalue weighted by atomic mass is 32.2. The molecular formula is C16H15FN6O2S. The third kappa shape index (κ3) is 3.54. The van der Waals surface area contributed by atoms with Crippen molar-refractivity contribution in [2.24, 2.45) is 0 Å². The second-order valence-electron chi connectivity index (χ2n) is 6.00. The molecule has 0 amide bonds. The number of anilines is 3. The minimum atomic E-state index is -3.02. The van der Waals surface area contributed by atoms with Crippen LogP contribution in [0, 0.1) is 5.82 Å². The Balaban J connectivity index is 1.67. The molecule has 1 atom stereocenters. The van der Waals surface area contributed by atoms with Crippen molar-refractivity contribution in [3.05, 3.63) is 42.5 Å². The van der Waals surface area contributed by atoms with E-state index in [2.05, 4.69) is 30.6 Å². The Hall–Kier alpha value is -2.88. The van der Waals surface area contributed by atoms with Crippen LogP contribution in [0.3, 0.4) is 0 Å². The predicted molar refractivity (Wildman–Crippen MR) is 95.5 cm³/mol. The van der Waals surface area contributed by atoms with Gasteiger partial charge < -0.3 is 10.6 Å². The molecule has 2 N–H and O–H groups in total. The molecule has 1 aliphatic rings. The van der Waals surface area contributed by atoms with E-state index < -0.39 is 9.84 Å². The average molecular weight is 374 g/mol. The van der Waals surface area contributed by atoms with Gasteiger partial charge in [-0.1, -0.05) is 0 Å². The summed E-state index contributed by atoms with van der Waals surface area (Å²) in [5, 5.41) is 6.13. The quantitative estimate of drug-likeness (QED) is 0.713. The molecule has 8 nitrogen and oxygen atoms in total. The summed E-state index contributed by atoms with van der Waals surface area (Å²) in [5.41, 5.74) is 1.46. The summed E-state index contributed by atoms with van der Waals surface area (Å²) in [7, 11) is -3.02. The van der Waals surface area contributed by atoms with Crippen LogP contribution in [0.2, 0.25) is 0 Å². The standard InChI is InChI=1S/C16H15FN6O2S/c17-10-1-3-11(4-2-10)20-15-13-14(19-7-6-18-13)22-16(23-15)21-12-5-8-26(24,25)9-12/h1-4,6-7,12H,5,8-9H2,(H2,19,20,21,22,23)/t12-/m1/s1. The molecule has 1 fully saturated rings. The van der Waals surface area contributed by atoms with Gasteiger partial charge in [0.2, 0.25) is 5.95 Å². The molecule has 0 radical (unpaired) electrons. The average Bonchev–Trinajstić information content (AvgIpc) is 2.95. The molecule has 3 heterocycles. The molecule has 0 aliphatic carbocycles. The van der Waals surface area contributed by atoms with Crippen molar-refractivity contribution in [1.29, 1.82) is 0 Å². The molecule has 0 saturated carbocycles. The fourth-order valence-corrected chi connectivity index (χ4v) is 4.45. The van der Waals surface area contributed by atoms with Crippen LogP contribution < -0.4 is 10.6 Å². The first-order valence-electron chi connectivity index (χ1n) is 7.97. The monoisotopic (exact) mass is 374 g/mol. The maximum absolute atomic E-state index is 13.1. The Kier molecular flexibility index (Phi) is 4.11. The third-order valence-electron chi connectivity index (χ3n) is 4.01. The van der Waals surface area contributed by atoms with E-state index in [9.17, 15) is 12.8 Å². The van der Waals surface area contributed by atoms with E-state index in [4.69, 9.17) is 0 Å². The molecule has 3 aromatic rings. The van der Waals surface area contributed by atoms with Crippen molar-refractivity contribution in [2.45, 2.75) is 12.5 Å². The summed E-state index contributed by atoms with van der Waals surface area (Å²) in [6.07, 6.45) is 3.55. The highest BCUT2D eigenvalue weighted by Gasteiger charge is 2.28. The van der Waals surface area contributed by atoms with Gasteiger partial charge in [-0.05, 0) is 30.7 Å².